The van der Waals surface area contributed by atoms with E-state index in [0.717, 1.165) is 0 Å². The average Bonchev–Trinajstić information content (AvgIpc) is 2.81. The Balaban J connectivity index is 1.60. The first kappa shape index (κ1) is 22.8. The highest BCUT2D eigenvalue weighted by Crippen LogP contribution is 2.46. The molecule has 35 heavy (non-hydrogen) atoms. The number of aromatic nitrogens is 1. The number of ether oxygens (including phenoxy) is 2. The zero-order chi connectivity index (χ0) is 24.9. The number of urea groups is 1. The maximum absolute atomic E-state index is 15.1. The van der Waals surface area contributed by atoms with Crippen molar-refractivity contribution < 1.29 is 28.2 Å². The highest BCUT2D eigenvalue weighted by Gasteiger charge is 2.63. The summed E-state index contributed by atoms with van der Waals surface area (Å²) < 4.78 is 26.2. The first-order valence-corrected chi connectivity index (χ1v) is 11.2. The molecule has 3 aliphatic heterocycles. The van der Waals surface area contributed by atoms with Crippen molar-refractivity contribution in [2.75, 3.05) is 18.6 Å². The molecule has 5 rings (SSSR count). The number of amides is 4. The molecule has 2 fully saturated rings. The van der Waals surface area contributed by atoms with Gasteiger partial charge in [-0.05, 0) is 49.7 Å². The molecule has 10 heteroatoms. The second-order valence-corrected chi connectivity index (χ2v) is 8.92. The Morgan fingerprint density at radius 1 is 1.14 bits per heavy atom. The number of barbiturate groups is 1. The van der Waals surface area contributed by atoms with Crippen molar-refractivity contribution in [3.63, 3.8) is 0 Å². The van der Waals surface area contributed by atoms with Crippen molar-refractivity contribution in [2.24, 2.45) is 5.41 Å². The van der Waals surface area contributed by atoms with Gasteiger partial charge in [0.25, 0.3) is 0 Å². The molecule has 0 bridgehead atoms. The molecule has 3 aliphatic rings. The average molecular weight is 478 g/mol. The maximum atomic E-state index is 15.1. The number of carbonyl (C=O) groups is 3. The lowest BCUT2D eigenvalue weighted by atomic mass is 9.67. The molecule has 2 N–H and O–H groups in total. The zero-order valence-electron chi connectivity index (χ0n) is 19.3. The molecule has 4 heterocycles. The molecule has 2 aromatic rings. The van der Waals surface area contributed by atoms with E-state index in [2.05, 4.69) is 27.5 Å². The number of carbonyl (C=O) groups excluding carboxylic acids is 3. The van der Waals surface area contributed by atoms with E-state index < -0.39 is 41.4 Å². The Morgan fingerprint density at radius 3 is 2.49 bits per heavy atom. The van der Waals surface area contributed by atoms with Gasteiger partial charge in [0.15, 0.2) is 5.41 Å². The number of nitrogens with one attached hydrogen (secondary N) is 2. The number of morpholine rings is 1. The predicted octanol–water partition coefficient (Wildman–Crippen LogP) is 1.52. The summed E-state index contributed by atoms with van der Waals surface area (Å²) in [6.07, 6.45) is -0.892. The molecule has 0 saturated carbocycles. The van der Waals surface area contributed by atoms with Crippen LogP contribution in [0.3, 0.4) is 0 Å². The minimum absolute atomic E-state index is 0.0372. The van der Waals surface area contributed by atoms with Gasteiger partial charge in [-0.1, -0.05) is 11.8 Å². The molecule has 0 unspecified atom stereocenters. The van der Waals surface area contributed by atoms with Gasteiger partial charge >= 0.3 is 6.03 Å². The second kappa shape index (κ2) is 8.36. The smallest absolute Gasteiger partial charge is 0.328 e. The highest BCUT2D eigenvalue weighted by molar-refractivity contribution is 6.20. The number of rotatable bonds is 1. The van der Waals surface area contributed by atoms with Gasteiger partial charge < -0.3 is 14.4 Å². The van der Waals surface area contributed by atoms with E-state index in [1.807, 2.05) is 6.92 Å². The summed E-state index contributed by atoms with van der Waals surface area (Å²) in [4.78, 5) is 44.1. The minimum atomic E-state index is -1.65. The van der Waals surface area contributed by atoms with Crippen molar-refractivity contribution in [1.82, 2.24) is 15.6 Å². The molecule has 0 aliphatic carbocycles. The number of fused-ring (bicyclic) bond motifs is 4. The van der Waals surface area contributed by atoms with Crippen LogP contribution in [0.2, 0.25) is 0 Å². The van der Waals surface area contributed by atoms with Gasteiger partial charge in [0.1, 0.15) is 11.6 Å². The zero-order valence-corrected chi connectivity index (χ0v) is 19.3. The molecule has 0 radical (unpaired) electrons. The summed E-state index contributed by atoms with van der Waals surface area (Å²) in [6.45, 7) is 3.90. The first-order chi connectivity index (χ1) is 16.7. The van der Waals surface area contributed by atoms with E-state index in [0.29, 0.717) is 29.2 Å². The van der Waals surface area contributed by atoms with Crippen LogP contribution in [0.25, 0.3) is 0 Å². The summed E-state index contributed by atoms with van der Waals surface area (Å²) in [5.74, 6) is 4.54. The largest absolute Gasteiger partial charge is 0.497 e. The van der Waals surface area contributed by atoms with Crippen molar-refractivity contribution in [3.8, 4) is 17.6 Å². The quantitative estimate of drug-likeness (QED) is 0.363. The second-order valence-electron chi connectivity index (χ2n) is 8.92. The molecule has 2 saturated heterocycles. The third kappa shape index (κ3) is 3.68. The van der Waals surface area contributed by atoms with Gasteiger partial charge in [0.05, 0.1) is 30.9 Å². The number of imide groups is 2. The minimum Gasteiger partial charge on any atom is -0.497 e. The maximum Gasteiger partial charge on any atom is 0.328 e. The molecule has 4 amide bonds. The van der Waals surface area contributed by atoms with E-state index in [1.165, 1.54) is 6.07 Å². The molecule has 1 spiro atoms. The fourth-order valence-corrected chi connectivity index (χ4v) is 5.21. The molecule has 1 aromatic carbocycles. The van der Waals surface area contributed by atoms with Crippen LogP contribution in [0.4, 0.5) is 15.0 Å². The summed E-state index contributed by atoms with van der Waals surface area (Å²) in [6, 6.07) is 6.87. The first-order valence-electron chi connectivity index (χ1n) is 11.2. The van der Waals surface area contributed by atoms with E-state index in [9.17, 15) is 14.4 Å². The van der Waals surface area contributed by atoms with Crippen LogP contribution in [0, 0.1) is 23.2 Å². The predicted molar refractivity (Wildman–Crippen MR) is 122 cm³/mol. The topological polar surface area (TPSA) is 110 Å². The Morgan fingerprint density at radius 2 is 1.83 bits per heavy atom. The number of halogens is 1. The van der Waals surface area contributed by atoms with Crippen LogP contribution in [0.15, 0.2) is 30.3 Å². The summed E-state index contributed by atoms with van der Waals surface area (Å²) in [5.41, 5.74) is -0.474. The van der Waals surface area contributed by atoms with Crippen LogP contribution >= 0.6 is 0 Å². The number of hydrogen-bond donors (Lipinski definition) is 2. The Hall–Kier alpha value is -3.97. The van der Waals surface area contributed by atoms with Crippen molar-refractivity contribution >= 4 is 23.7 Å². The number of hydrogen-bond acceptors (Lipinski definition) is 7. The lowest BCUT2D eigenvalue weighted by Gasteiger charge is -2.54. The van der Waals surface area contributed by atoms with Crippen LogP contribution in [-0.4, -0.2) is 54.7 Å². The van der Waals surface area contributed by atoms with E-state index in [-0.39, 0.29) is 18.1 Å². The Labute approximate surface area is 201 Å². The van der Waals surface area contributed by atoms with Gasteiger partial charge in [0.2, 0.25) is 17.8 Å². The summed E-state index contributed by atoms with van der Waals surface area (Å²) >= 11 is 0. The third-order valence-corrected chi connectivity index (χ3v) is 6.66. The summed E-state index contributed by atoms with van der Waals surface area (Å²) in [7, 11) is 1.56. The molecule has 9 nitrogen and oxygen atoms in total. The fraction of sp³-hybridized carbons (Fsp3) is 0.360. The van der Waals surface area contributed by atoms with E-state index >= 15 is 4.39 Å². The number of benzene rings is 1. The van der Waals surface area contributed by atoms with Crippen LogP contribution < -0.4 is 20.3 Å². The third-order valence-electron chi connectivity index (χ3n) is 6.66. The molecular formula is C25H23FN4O5. The van der Waals surface area contributed by atoms with Gasteiger partial charge in [-0.15, -0.1) is 0 Å². The fourth-order valence-electron chi connectivity index (χ4n) is 5.21. The van der Waals surface area contributed by atoms with E-state index in [1.54, 1.807) is 43.2 Å². The molecular weight excluding hydrogens is 455 g/mol. The van der Waals surface area contributed by atoms with E-state index in [4.69, 9.17) is 9.47 Å². The number of anilines is 1. The highest BCUT2D eigenvalue weighted by atomic mass is 19.1. The van der Waals surface area contributed by atoms with Gasteiger partial charge in [-0.3, -0.25) is 20.2 Å². The number of nitrogens with zero attached hydrogens (tertiary/aromatic N) is 2. The monoisotopic (exact) mass is 478 g/mol. The van der Waals surface area contributed by atoms with Gasteiger partial charge in [0, 0.05) is 18.5 Å². The lowest BCUT2D eigenvalue weighted by Crippen LogP contribution is -2.75. The molecule has 3 atom stereocenters. The SMILES string of the molecule is COc1ccc(C#Cc2cc3c(nc2F)N2C[C@@H](C)O[C@H](C)[C@H]2C2(C3)C(=O)NC(=O)NC2=O)cc1. The molecule has 1 aromatic heterocycles. The number of methoxy groups -OCH3 is 1. The molecule has 180 valence electrons. The summed E-state index contributed by atoms with van der Waals surface area (Å²) in [5, 5.41) is 4.45. The van der Waals surface area contributed by atoms with Crippen LogP contribution in [0.1, 0.15) is 30.5 Å². The van der Waals surface area contributed by atoms with Crippen molar-refractivity contribution in [3.05, 3.63) is 53.0 Å². The standard InChI is InChI=1S/C25H23FN4O5/c1-13-12-30-19(14(2)35-13)25(22(31)28-24(33)29-23(25)32)11-17-10-16(20(26)27-21(17)30)7-4-15-5-8-18(34-3)9-6-15/h5-6,8-10,13-14,19H,11-12H2,1-3H3,(H2,28,29,31,32,33)/t13-,14-,19+/m1/s1. The lowest BCUT2D eigenvalue weighted by molar-refractivity contribution is -0.153. The Bertz CT molecular complexity index is 1280. The van der Waals surface area contributed by atoms with Gasteiger partial charge in [-0.25, -0.2) is 9.78 Å². The normalized spacial score (nSPS) is 24.5. The van der Waals surface area contributed by atoms with Gasteiger partial charge in [-0.2, -0.15) is 4.39 Å². The van der Waals surface area contributed by atoms with Crippen molar-refractivity contribution in [2.45, 2.75) is 38.5 Å². The Kier molecular flexibility index (Phi) is 5.44. The van der Waals surface area contributed by atoms with Crippen LogP contribution in [-0.2, 0) is 20.7 Å². The van der Waals surface area contributed by atoms with Crippen molar-refractivity contribution in [1.29, 1.82) is 0 Å². The number of pyridine rings is 1. The van der Waals surface area contributed by atoms with Crippen LogP contribution in [0.5, 0.6) is 5.75 Å².